The molecule has 2 rings (SSSR count). The predicted molar refractivity (Wildman–Crippen MR) is 68.2 cm³/mol. The summed E-state index contributed by atoms with van der Waals surface area (Å²) in [6, 6.07) is 5.12. The van der Waals surface area contributed by atoms with Crippen LogP contribution in [0.1, 0.15) is 24.5 Å². The molecule has 2 atom stereocenters. The summed E-state index contributed by atoms with van der Waals surface area (Å²) in [5.74, 6) is 0.177. The van der Waals surface area contributed by atoms with Gasteiger partial charge in [-0.2, -0.15) is 18.4 Å². The molecule has 0 saturated carbocycles. The summed E-state index contributed by atoms with van der Waals surface area (Å²) in [6.45, 7) is 2.97. The van der Waals surface area contributed by atoms with Gasteiger partial charge in [0.1, 0.15) is 0 Å². The lowest BCUT2D eigenvalue weighted by atomic mass is 9.95. The number of piperidine rings is 1. The third kappa shape index (κ3) is 2.88. The number of hydrogen-bond acceptors (Lipinski definition) is 3. The number of alkyl halides is 3. The number of nitrogens with zero attached hydrogens (tertiary/aromatic N) is 2. The molecule has 0 radical (unpaired) electrons. The Bertz CT molecular complexity index is 536. The molecule has 2 unspecified atom stereocenters. The number of rotatable bonds is 1. The zero-order chi connectivity index (χ0) is 14.9. The van der Waals surface area contributed by atoms with Crippen LogP contribution in [-0.2, 0) is 6.18 Å². The van der Waals surface area contributed by atoms with E-state index >= 15 is 0 Å². The molecule has 1 heterocycles. The first-order valence-corrected chi connectivity index (χ1v) is 6.37. The fourth-order valence-corrected chi connectivity index (χ4v) is 2.35. The molecule has 1 aromatic carbocycles. The smallest absolute Gasteiger partial charge is 0.391 e. The van der Waals surface area contributed by atoms with Gasteiger partial charge in [0.15, 0.2) is 0 Å². The molecule has 0 spiro atoms. The highest BCUT2D eigenvalue weighted by atomic mass is 19.4. The number of aliphatic hydroxyl groups is 1. The number of nitriles is 1. The van der Waals surface area contributed by atoms with Crippen molar-refractivity contribution < 1.29 is 18.3 Å². The third-order valence-electron chi connectivity index (χ3n) is 3.71. The molecule has 1 aliphatic rings. The summed E-state index contributed by atoms with van der Waals surface area (Å²) >= 11 is 0. The quantitative estimate of drug-likeness (QED) is 0.862. The largest absolute Gasteiger partial charge is 0.417 e. The van der Waals surface area contributed by atoms with Crippen LogP contribution in [0.4, 0.5) is 18.9 Å². The van der Waals surface area contributed by atoms with Crippen LogP contribution < -0.4 is 4.90 Å². The van der Waals surface area contributed by atoms with Crippen molar-refractivity contribution in [1.29, 1.82) is 5.26 Å². The van der Waals surface area contributed by atoms with E-state index in [4.69, 9.17) is 5.26 Å². The van der Waals surface area contributed by atoms with Gasteiger partial charge >= 0.3 is 6.18 Å². The lowest BCUT2D eigenvalue weighted by molar-refractivity contribution is -0.137. The van der Waals surface area contributed by atoms with Crippen LogP contribution in [0.2, 0.25) is 0 Å². The molecule has 1 aromatic rings. The fraction of sp³-hybridized carbons (Fsp3) is 0.500. The highest BCUT2D eigenvalue weighted by Gasteiger charge is 2.34. The van der Waals surface area contributed by atoms with E-state index in [1.54, 1.807) is 6.07 Å². The van der Waals surface area contributed by atoms with E-state index in [0.29, 0.717) is 18.8 Å². The fourth-order valence-electron chi connectivity index (χ4n) is 2.35. The topological polar surface area (TPSA) is 47.3 Å². The Kier molecular flexibility index (Phi) is 3.91. The molecule has 0 aromatic heterocycles. The molecule has 108 valence electrons. The Morgan fingerprint density at radius 1 is 1.40 bits per heavy atom. The maximum absolute atomic E-state index is 12.7. The molecular formula is C14H15F3N2O. The van der Waals surface area contributed by atoms with E-state index in [2.05, 4.69) is 0 Å². The van der Waals surface area contributed by atoms with Gasteiger partial charge in [0.2, 0.25) is 0 Å². The van der Waals surface area contributed by atoms with Crippen molar-refractivity contribution in [1.82, 2.24) is 0 Å². The first-order chi connectivity index (χ1) is 9.32. The molecule has 20 heavy (non-hydrogen) atoms. The molecule has 1 N–H and O–H groups in total. The van der Waals surface area contributed by atoms with Gasteiger partial charge in [0, 0.05) is 18.8 Å². The van der Waals surface area contributed by atoms with Crippen LogP contribution in [0.5, 0.6) is 0 Å². The highest BCUT2D eigenvalue weighted by Crippen LogP contribution is 2.34. The number of halogens is 3. The maximum atomic E-state index is 12.7. The summed E-state index contributed by atoms with van der Waals surface area (Å²) < 4.78 is 38.2. The van der Waals surface area contributed by atoms with E-state index in [1.807, 2.05) is 11.8 Å². The molecule has 1 fully saturated rings. The number of aliphatic hydroxyl groups excluding tert-OH is 1. The minimum atomic E-state index is -4.53. The predicted octanol–water partition coefficient (Wildman–Crippen LogP) is 2.78. The van der Waals surface area contributed by atoms with Crippen molar-refractivity contribution in [2.45, 2.75) is 25.6 Å². The molecule has 0 amide bonds. The van der Waals surface area contributed by atoms with E-state index < -0.39 is 17.8 Å². The average molecular weight is 284 g/mol. The zero-order valence-corrected chi connectivity index (χ0v) is 11.0. The van der Waals surface area contributed by atoms with E-state index in [-0.39, 0.29) is 11.5 Å². The van der Waals surface area contributed by atoms with Crippen molar-refractivity contribution >= 4 is 5.69 Å². The van der Waals surface area contributed by atoms with Crippen LogP contribution in [0, 0.1) is 17.2 Å². The van der Waals surface area contributed by atoms with Crippen molar-refractivity contribution in [3.8, 4) is 6.07 Å². The monoisotopic (exact) mass is 284 g/mol. The van der Waals surface area contributed by atoms with Gasteiger partial charge in [-0.1, -0.05) is 6.92 Å². The second-order valence-corrected chi connectivity index (χ2v) is 5.12. The van der Waals surface area contributed by atoms with E-state index in [0.717, 1.165) is 12.5 Å². The van der Waals surface area contributed by atoms with Gasteiger partial charge in [-0.05, 0) is 30.5 Å². The van der Waals surface area contributed by atoms with Crippen molar-refractivity contribution in [2.24, 2.45) is 5.92 Å². The lowest BCUT2D eigenvalue weighted by Gasteiger charge is -2.36. The lowest BCUT2D eigenvalue weighted by Crippen LogP contribution is -2.42. The van der Waals surface area contributed by atoms with Crippen LogP contribution in [0.3, 0.4) is 0 Å². The molecule has 3 nitrogen and oxygen atoms in total. The molecule has 6 heteroatoms. The van der Waals surface area contributed by atoms with E-state index in [9.17, 15) is 18.3 Å². The highest BCUT2D eigenvalue weighted by molar-refractivity contribution is 5.55. The molecule has 1 aliphatic heterocycles. The summed E-state index contributed by atoms with van der Waals surface area (Å²) in [4.78, 5) is 1.81. The van der Waals surface area contributed by atoms with Gasteiger partial charge in [-0.25, -0.2) is 0 Å². The minimum Gasteiger partial charge on any atom is -0.391 e. The molecule has 1 saturated heterocycles. The Labute approximate surface area is 115 Å². The second kappa shape index (κ2) is 5.33. The van der Waals surface area contributed by atoms with Crippen molar-refractivity contribution in [3.63, 3.8) is 0 Å². The number of hydrogen-bond donors (Lipinski definition) is 1. The first-order valence-electron chi connectivity index (χ1n) is 6.37. The first kappa shape index (κ1) is 14.7. The van der Waals surface area contributed by atoms with Gasteiger partial charge in [0.25, 0.3) is 0 Å². The summed E-state index contributed by atoms with van der Waals surface area (Å²) in [5, 5.41) is 18.7. The molecular weight excluding hydrogens is 269 g/mol. The van der Waals surface area contributed by atoms with Crippen LogP contribution in [0.25, 0.3) is 0 Å². The minimum absolute atomic E-state index is 0.177. The van der Waals surface area contributed by atoms with Gasteiger partial charge in [-0.15, -0.1) is 0 Å². The van der Waals surface area contributed by atoms with Gasteiger partial charge in [-0.3, -0.25) is 0 Å². The van der Waals surface area contributed by atoms with Crippen molar-refractivity contribution in [3.05, 3.63) is 29.3 Å². The van der Waals surface area contributed by atoms with Crippen molar-refractivity contribution in [2.75, 3.05) is 18.0 Å². The van der Waals surface area contributed by atoms with E-state index in [1.165, 1.54) is 12.1 Å². The Hall–Kier alpha value is -1.74. The summed E-state index contributed by atoms with van der Waals surface area (Å²) in [5.41, 5.74) is -0.765. The summed E-state index contributed by atoms with van der Waals surface area (Å²) in [6.07, 6.45) is -4.26. The standard InChI is InChI=1S/C14H15F3N2O/c1-9-4-5-19(8-13(9)20)11-2-3-12(14(15,16)17)10(6-11)7-18/h2-3,6,9,13,20H,4-5,8H2,1H3. The SMILES string of the molecule is CC1CCN(c2ccc(C(F)(F)F)c(C#N)c2)CC1O. The summed E-state index contributed by atoms with van der Waals surface area (Å²) in [7, 11) is 0. The number of benzene rings is 1. The van der Waals surface area contributed by atoms with Crippen LogP contribution >= 0.6 is 0 Å². The Morgan fingerprint density at radius 2 is 2.10 bits per heavy atom. The molecule has 0 bridgehead atoms. The van der Waals surface area contributed by atoms with Crippen LogP contribution in [0.15, 0.2) is 18.2 Å². The third-order valence-corrected chi connectivity index (χ3v) is 3.71. The normalized spacial score (nSPS) is 23.5. The van der Waals surface area contributed by atoms with Crippen LogP contribution in [-0.4, -0.2) is 24.3 Å². The average Bonchev–Trinajstić information content (AvgIpc) is 2.40. The zero-order valence-electron chi connectivity index (χ0n) is 11.0. The molecule has 0 aliphatic carbocycles. The Balaban J connectivity index is 2.29. The van der Waals surface area contributed by atoms with Gasteiger partial charge < -0.3 is 10.0 Å². The Morgan fingerprint density at radius 3 is 2.65 bits per heavy atom. The number of anilines is 1. The maximum Gasteiger partial charge on any atom is 0.417 e. The second-order valence-electron chi connectivity index (χ2n) is 5.12. The van der Waals surface area contributed by atoms with Gasteiger partial charge in [0.05, 0.1) is 23.3 Å². The number of β-amino-alcohol motifs (C(OH)–C–C–N with tert-alkyl or cyclic N) is 1.